The van der Waals surface area contributed by atoms with Crippen LogP contribution in [0, 0.1) is 12.7 Å². The van der Waals surface area contributed by atoms with Crippen LogP contribution in [0.2, 0.25) is 0 Å². The first kappa shape index (κ1) is 19.7. The van der Waals surface area contributed by atoms with Crippen molar-refractivity contribution in [2.75, 3.05) is 0 Å². The van der Waals surface area contributed by atoms with Crippen LogP contribution in [0.25, 0.3) is 33.8 Å². The average molecular weight is 428 g/mol. The summed E-state index contributed by atoms with van der Waals surface area (Å²) in [6.45, 7) is 2.19. The third-order valence-corrected chi connectivity index (χ3v) is 5.00. The summed E-state index contributed by atoms with van der Waals surface area (Å²) in [5, 5.41) is 4.63. The van der Waals surface area contributed by atoms with Gasteiger partial charge < -0.3 is 13.7 Å². The molecule has 0 radical (unpaired) electrons. The Hall–Kier alpha value is -4.26. The fraction of sp³-hybridized carbons (Fsp3) is 0.0800. The Bertz CT molecular complexity index is 1450. The molecule has 2 heterocycles. The van der Waals surface area contributed by atoms with Crippen LogP contribution >= 0.6 is 0 Å². The molecule has 6 nitrogen and oxygen atoms in total. The summed E-state index contributed by atoms with van der Waals surface area (Å²) in [7, 11) is 0. The number of nitrogens with zero attached hydrogens (tertiary/aromatic N) is 2. The summed E-state index contributed by atoms with van der Waals surface area (Å²) in [5.41, 5.74) is 2.55. The smallest absolute Gasteiger partial charge is 0.349 e. The summed E-state index contributed by atoms with van der Waals surface area (Å²) >= 11 is 0. The van der Waals surface area contributed by atoms with Gasteiger partial charge >= 0.3 is 5.63 Å². The molecule has 0 fully saturated rings. The second-order valence-corrected chi connectivity index (χ2v) is 7.33. The molecule has 0 unspecified atom stereocenters. The molecule has 0 aliphatic heterocycles. The molecule has 0 bridgehead atoms. The van der Waals surface area contributed by atoms with Gasteiger partial charge in [-0.05, 0) is 36.8 Å². The van der Waals surface area contributed by atoms with Crippen molar-refractivity contribution in [1.29, 1.82) is 0 Å². The van der Waals surface area contributed by atoms with Crippen LogP contribution in [-0.4, -0.2) is 10.1 Å². The zero-order valence-electron chi connectivity index (χ0n) is 17.0. The lowest BCUT2D eigenvalue weighted by molar-refractivity contribution is 0.304. The molecule has 0 aliphatic carbocycles. The third-order valence-electron chi connectivity index (χ3n) is 5.00. The van der Waals surface area contributed by atoms with E-state index in [1.54, 1.807) is 36.4 Å². The lowest BCUT2D eigenvalue weighted by Gasteiger charge is -2.08. The van der Waals surface area contributed by atoms with Gasteiger partial charge in [0.2, 0.25) is 5.82 Å². The molecule has 0 amide bonds. The molecule has 0 spiro atoms. The highest BCUT2D eigenvalue weighted by Gasteiger charge is 2.17. The van der Waals surface area contributed by atoms with Gasteiger partial charge in [-0.1, -0.05) is 59.3 Å². The molecule has 0 N–H and O–H groups in total. The van der Waals surface area contributed by atoms with Crippen LogP contribution < -0.4 is 10.4 Å². The Labute approximate surface area is 181 Å². The van der Waals surface area contributed by atoms with E-state index >= 15 is 0 Å². The van der Waals surface area contributed by atoms with Gasteiger partial charge in [0.1, 0.15) is 18.0 Å². The highest BCUT2D eigenvalue weighted by atomic mass is 19.1. The number of hydrogen-bond acceptors (Lipinski definition) is 6. The summed E-state index contributed by atoms with van der Waals surface area (Å²) in [5.74, 6) is 0.551. The van der Waals surface area contributed by atoms with E-state index in [-0.39, 0.29) is 23.9 Å². The van der Waals surface area contributed by atoms with Crippen molar-refractivity contribution in [3.8, 4) is 28.6 Å². The standard InChI is InChI=1S/C25H17FN2O4/c1-15-5-9-17(10-6-15)23-27-24(32-28-23)20-13-18-3-2-4-21(22(18)31-25(20)29)30-14-16-7-11-19(26)12-8-16/h2-13H,14H2,1H3. The van der Waals surface area contributed by atoms with Gasteiger partial charge in [-0.2, -0.15) is 4.98 Å². The predicted octanol–water partition coefficient (Wildman–Crippen LogP) is 5.54. The average Bonchev–Trinajstić information content (AvgIpc) is 3.29. The van der Waals surface area contributed by atoms with Crippen molar-refractivity contribution in [3.63, 3.8) is 0 Å². The van der Waals surface area contributed by atoms with E-state index in [9.17, 15) is 9.18 Å². The van der Waals surface area contributed by atoms with Gasteiger partial charge in [-0.3, -0.25) is 0 Å². The van der Waals surface area contributed by atoms with E-state index in [1.165, 1.54) is 12.1 Å². The van der Waals surface area contributed by atoms with Gasteiger partial charge in [0.25, 0.3) is 5.89 Å². The zero-order valence-corrected chi connectivity index (χ0v) is 17.0. The minimum atomic E-state index is -0.616. The van der Waals surface area contributed by atoms with Crippen molar-refractivity contribution in [1.82, 2.24) is 10.1 Å². The summed E-state index contributed by atoms with van der Waals surface area (Å²) in [4.78, 5) is 17.1. The maximum Gasteiger partial charge on any atom is 0.349 e. The van der Waals surface area contributed by atoms with Crippen LogP contribution in [0.1, 0.15) is 11.1 Å². The molecular weight excluding hydrogens is 411 g/mol. The largest absolute Gasteiger partial charge is 0.485 e. The Morgan fingerprint density at radius 1 is 1.00 bits per heavy atom. The Morgan fingerprint density at radius 3 is 2.56 bits per heavy atom. The van der Waals surface area contributed by atoms with Crippen molar-refractivity contribution >= 4 is 11.0 Å². The molecule has 0 saturated carbocycles. The predicted molar refractivity (Wildman–Crippen MR) is 117 cm³/mol. The SMILES string of the molecule is Cc1ccc(-c2noc(-c3cc4cccc(OCc5ccc(F)cc5)c4oc3=O)n2)cc1. The maximum atomic E-state index is 13.1. The summed E-state index contributed by atoms with van der Waals surface area (Å²) in [6, 6.07) is 20.6. The van der Waals surface area contributed by atoms with Gasteiger partial charge in [0, 0.05) is 10.9 Å². The van der Waals surface area contributed by atoms with Gasteiger partial charge in [0.05, 0.1) is 0 Å². The third kappa shape index (κ3) is 3.88. The number of hydrogen-bond donors (Lipinski definition) is 0. The molecule has 0 saturated heterocycles. The van der Waals surface area contributed by atoms with Crippen LogP contribution in [0.3, 0.4) is 0 Å². The minimum Gasteiger partial charge on any atom is -0.485 e. The van der Waals surface area contributed by atoms with E-state index in [0.29, 0.717) is 22.5 Å². The van der Waals surface area contributed by atoms with E-state index in [4.69, 9.17) is 13.7 Å². The lowest BCUT2D eigenvalue weighted by Crippen LogP contribution is -2.04. The van der Waals surface area contributed by atoms with Crippen molar-refractivity contribution in [3.05, 3.63) is 100 Å². The molecule has 3 aromatic carbocycles. The Kier molecular flexibility index (Phi) is 4.99. The fourth-order valence-corrected chi connectivity index (χ4v) is 3.27. The van der Waals surface area contributed by atoms with E-state index in [2.05, 4.69) is 10.1 Å². The first-order valence-corrected chi connectivity index (χ1v) is 9.92. The molecule has 5 aromatic rings. The molecular formula is C25H17FN2O4. The molecule has 5 rings (SSSR count). The van der Waals surface area contributed by atoms with Crippen LogP contribution in [0.4, 0.5) is 4.39 Å². The minimum absolute atomic E-state index is 0.0776. The number of aromatic nitrogens is 2. The highest BCUT2D eigenvalue weighted by molar-refractivity contribution is 5.85. The molecule has 7 heteroatoms. The van der Waals surface area contributed by atoms with E-state index in [0.717, 1.165) is 16.7 Å². The van der Waals surface area contributed by atoms with Crippen molar-refractivity contribution in [2.45, 2.75) is 13.5 Å². The number of para-hydroxylation sites is 1. The first-order chi connectivity index (χ1) is 15.6. The number of rotatable bonds is 5. The van der Waals surface area contributed by atoms with Gasteiger partial charge in [-0.25, -0.2) is 9.18 Å². The van der Waals surface area contributed by atoms with Crippen LogP contribution in [-0.2, 0) is 6.61 Å². The monoisotopic (exact) mass is 428 g/mol. The number of benzene rings is 3. The molecule has 2 aromatic heterocycles. The second-order valence-electron chi connectivity index (χ2n) is 7.33. The topological polar surface area (TPSA) is 78.4 Å². The fourth-order valence-electron chi connectivity index (χ4n) is 3.27. The zero-order chi connectivity index (χ0) is 22.1. The number of ether oxygens (including phenoxy) is 1. The second kappa shape index (κ2) is 8.11. The molecule has 0 atom stereocenters. The van der Waals surface area contributed by atoms with Crippen LogP contribution in [0.15, 0.2) is 86.5 Å². The van der Waals surface area contributed by atoms with Gasteiger partial charge in [0.15, 0.2) is 11.3 Å². The molecule has 32 heavy (non-hydrogen) atoms. The molecule has 0 aliphatic rings. The van der Waals surface area contributed by atoms with Crippen molar-refractivity contribution in [2.24, 2.45) is 0 Å². The van der Waals surface area contributed by atoms with Crippen LogP contribution in [0.5, 0.6) is 5.75 Å². The number of halogens is 1. The summed E-state index contributed by atoms with van der Waals surface area (Å²) < 4.78 is 29.8. The van der Waals surface area contributed by atoms with Gasteiger partial charge in [-0.15, -0.1) is 0 Å². The highest BCUT2D eigenvalue weighted by Crippen LogP contribution is 2.29. The van der Waals surface area contributed by atoms with E-state index < -0.39 is 5.63 Å². The first-order valence-electron chi connectivity index (χ1n) is 9.92. The van der Waals surface area contributed by atoms with Crippen molar-refractivity contribution < 1.29 is 18.1 Å². The molecule has 158 valence electrons. The Morgan fingerprint density at radius 2 is 1.78 bits per heavy atom. The number of aryl methyl sites for hydroxylation is 1. The van der Waals surface area contributed by atoms with E-state index in [1.807, 2.05) is 31.2 Å². The normalized spacial score (nSPS) is 11.1. The summed E-state index contributed by atoms with van der Waals surface area (Å²) in [6.07, 6.45) is 0. The Balaban J connectivity index is 1.46. The number of fused-ring (bicyclic) bond motifs is 1. The maximum absolute atomic E-state index is 13.1. The quantitative estimate of drug-likeness (QED) is 0.342. The lowest BCUT2D eigenvalue weighted by atomic mass is 10.1.